The average molecular weight is 364 g/mol. The van der Waals surface area contributed by atoms with Gasteiger partial charge in [-0.3, -0.25) is 9.59 Å². The molecule has 0 aliphatic carbocycles. The molecule has 1 aromatic rings. The molecule has 0 aromatic carbocycles. The molecule has 2 saturated heterocycles. The molecule has 2 aliphatic rings. The molecule has 0 saturated carbocycles. The summed E-state index contributed by atoms with van der Waals surface area (Å²) in [5, 5.41) is 3.05. The Morgan fingerprint density at radius 3 is 2.96 bits per heavy atom. The lowest BCUT2D eigenvalue weighted by molar-refractivity contribution is -0.138. The van der Waals surface area contributed by atoms with E-state index >= 15 is 0 Å². The standard InChI is InChI=1S/C18H28N4O4/c1-21-7-6-19-17(18(21)24)20-12-15-13-22(8-11-26-15)16(23)3-2-14-4-9-25-10-5-14/h6-7,14-15H,2-5,8-13H2,1H3,(H,19,20). The van der Waals surface area contributed by atoms with E-state index < -0.39 is 0 Å². The van der Waals surface area contributed by atoms with Gasteiger partial charge in [-0.05, 0) is 25.2 Å². The number of rotatable bonds is 6. The summed E-state index contributed by atoms with van der Waals surface area (Å²) in [6, 6.07) is 0. The van der Waals surface area contributed by atoms with E-state index in [0.29, 0.717) is 44.4 Å². The van der Waals surface area contributed by atoms with Crippen LogP contribution < -0.4 is 10.9 Å². The van der Waals surface area contributed by atoms with Crippen molar-refractivity contribution in [1.82, 2.24) is 14.5 Å². The number of nitrogens with zero attached hydrogens (tertiary/aromatic N) is 3. The Balaban J connectivity index is 1.45. The molecule has 26 heavy (non-hydrogen) atoms. The number of hydrogen-bond acceptors (Lipinski definition) is 6. The molecule has 0 spiro atoms. The highest BCUT2D eigenvalue weighted by Crippen LogP contribution is 2.21. The fraction of sp³-hybridized carbons (Fsp3) is 0.722. The summed E-state index contributed by atoms with van der Waals surface area (Å²) in [4.78, 5) is 30.4. The first-order chi connectivity index (χ1) is 12.6. The largest absolute Gasteiger partial charge is 0.381 e. The van der Waals surface area contributed by atoms with Gasteiger partial charge in [0.15, 0.2) is 5.82 Å². The first-order valence-electron chi connectivity index (χ1n) is 9.36. The van der Waals surface area contributed by atoms with Crippen LogP contribution in [0, 0.1) is 5.92 Å². The van der Waals surface area contributed by atoms with Crippen LogP contribution in [-0.4, -0.2) is 65.9 Å². The first kappa shape index (κ1) is 18.8. The molecule has 1 atom stereocenters. The normalized spacial score (nSPS) is 21.6. The van der Waals surface area contributed by atoms with Crippen molar-refractivity contribution < 1.29 is 14.3 Å². The lowest BCUT2D eigenvalue weighted by atomic mass is 9.94. The molecule has 1 aromatic heterocycles. The summed E-state index contributed by atoms with van der Waals surface area (Å²) in [5.74, 6) is 1.10. The number of ether oxygens (including phenoxy) is 2. The van der Waals surface area contributed by atoms with Gasteiger partial charge in [0, 0.05) is 58.7 Å². The van der Waals surface area contributed by atoms with Crippen molar-refractivity contribution in [2.45, 2.75) is 31.8 Å². The van der Waals surface area contributed by atoms with Gasteiger partial charge < -0.3 is 24.3 Å². The minimum atomic E-state index is -0.173. The predicted octanol–water partition coefficient (Wildman–Crippen LogP) is 0.626. The lowest BCUT2D eigenvalue weighted by Crippen LogP contribution is -2.48. The van der Waals surface area contributed by atoms with Crippen LogP contribution in [0.1, 0.15) is 25.7 Å². The average Bonchev–Trinajstić information content (AvgIpc) is 2.68. The van der Waals surface area contributed by atoms with Crippen molar-refractivity contribution in [1.29, 1.82) is 0 Å². The minimum Gasteiger partial charge on any atom is -0.381 e. The highest BCUT2D eigenvalue weighted by atomic mass is 16.5. The number of anilines is 1. The monoisotopic (exact) mass is 364 g/mol. The van der Waals surface area contributed by atoms with E-state index in [-0.39, 0.29) is 17.6 Å². The van der Waals surface area contributed by atoms with Crippen LogP contribution in [0.15, 0.2) is 17.2 Å². The fourth-order valence-corrected chi connectivity index (χ4v) is 3.42. The number of aryl methyl sites for hydroxylation is 1. The van der Waals surface area contributed by atoms with Crippen molar-refractivity contribution in [3.8, 4) is 0 Å². The Labute approximate surface area is 153 Å². The molecule has 1 amide bonds. The van der Waals surface area contributed by atoms with E-state index in [0.717, 1.165) is 32.5 Å². The maximum Gasteiger partial charge on any atom is 0.293 e. The van der Waals surface area contributed by atoms with Crippen LogP contribution in [-0.2, 0) is 21.3 Å². The van der Waals surface area contributed by atoms with Gasteiger partial charge in [-0.25, -0.2) is 4.98 Å². The Morgan fingerprint density at radius 1 is 1.35 bits per heavy atom. The van der Waals surface area contributed by atoms with Crippen molar-refractivity contribution >= 4 is 11.7 Å². The number of nitrogens with one attached hydrogen (secondary N) is 1. The molecule has 3 rings (SSSR count). The number of morpholine rings is 1. The highest BCUT2D eigenvalue weighted by Gasteiger charge is 2.25. The molecule has 8 nitrogen and oxygen atoms in total. The fourth-order valence-electron chi connectivity index (χ4n) is 3.42. The Kier molecular flexibility index (Phi) is 6.62. The molecule has 0 radical (unpaired) electrons. The van der Waals surface area contributed by atoms with Gasteiger partial charge in [0.25, 0.3) is 5.56 Å². The molecule has 8 heteroatoms. The SMILES string of the molecule is Cn1ccnc(NCC2CN(C(=O)CCC3CCOCC3)CCO2)c1=O. The zero-order valence-electron chi connectivity index (χ0n) is 15.4. The summed E-state index contributed by atoms with van der Waals surface area (Å²) in [6.45, 7) is 3.79. The van der Waals surface area contributed by atoms with Crippen LogP contribution >= 0.6 is 0 Å². The number of carbonyl (C=O) groups excluding carboxylic acids is 1. The number of carbonyl (C=O) groups is 1. The Morgan fingerprint density at radius 2 is 2.15 bits per heavy atom. The second-order valence-corrected chi connectivity index (χ2v) is 7.00. The van der Waals surface area contributed by atoms with E-state index in [1.54, 1.807) is 19.4 Å². The van der Waals surface area contributed by atoms with Crippen molar-refractivity contribution in [3.63, 3.8) is 0 Å². The van der Waals surface area contributed by atoms with Gasteiger partial charge >= 0.3 is 0 Å². The van der Waals surface area contributed by atoms with E-state index in [1.807, 2.05) is 4.90 Å². The first-order valence-corrected chi connectivity index (χ1v) is 9.36. The smallest absolute Gasteiger partial charge is 0.293 e. The molecule has 3 heterocycles. The van der Waals surface area contributed by atoms with Crippen LogP contribution in [0.25, 0.3) is 0 Å². The van der Waals surface area contributed by atoms with Crippen LogP contribution in [0.5, 0.6) is 0 Å². The predicted molar refractivity (Wildman–Crippen MR) is 97.1 cm³/mol. The van der Waals surface area contributed by atoms with Gasteiger partial charge in [-0.1, -0.05) is 0 Å². The van der Waals surface area contributed by atoms with Gasteiger partial charge in [0.1, 0.15) is 0 Å². The maximum atomic E-state index is 12.5. The van der Waals surface area contributed by atoms with Gasteiger partial charge in [-0.15, -0.1) is 0 Å². The number of amides is 1. The van der Waals surface area contributed by atoms with Gasteiger partial charge in [0.2, 0.25) is 5.91 Å². The van der Waals surface area contributed by atoms with Gasteiger partial charge in [-0.2, -0.15) is 0 Å². The van der Waals surface area contributed by atoms with Crippen molar-refractivity contribution in [2.24, 2.45) is 13.0 Å². The number of aromatic nitrogens is 2. The molecule has 1 N–H and O–H groups in total. The second-order valence-electron chi connectivity index (χ2n) is 7.00. The molecule has 1 unspecified atom stereocenters. The third-order valence-electron chi connectivity index (χ3n) is 5.11. The van der Waals surface area contributed by atoms with E-state index in [9.17, 15) is 9.59 Å². The second kappa shape index (κ2) is 9.14. The van der Waals surface area contributed by atoms with E-state index in [1.165, 1.54) is 4.57 Å². The van der Waals surface area contributed by atoms with E-state index in [4.69, 9.17) is 9.47 Å². The third kappa shape index (κ3) is 5.04. The van der Waals surface area contributed by atoms with Crippen molar-refractivity contribution in [2.75, 3.05) is 44.8 Å². The van der Waals surface area contributed by atoms with Crippen molar-refractivity contribution in [3.05, 3.63) is 22.7 Å². The summed E-state index contributed by atoms with van der Waals surface area (Å²) in [5.41, 5.74) is -0.173. The quantitative estimate of drug-likeness (QED) is 0.797. The highest BCUT2D eigenvalue weighted by molar-refractivity contribution is 5.76. The van der Waals surface area contributed by atoms with Crippen LogP contribution in [0.3, 0.4) is 0 Å². The lowest BCUT2D eigenvalue weighted by Gasteiger charge is -2.33. The summed E-state index contributed by atoms with van der Waals surface area (Å²) < 4.78 is 12.6. The molecule has 2 fully saturated rings. The number of hydrogen-bond donors (Lipinski definition) is 1. The van der Waals surface area contributed by atoms with Crippen LogP contribution in [0.2, 0.25) is 0 Å². The maximum absolute atomic E-state index is 12.5. The molecule has 144 valence electrons. The summed E-state index contributed by atoms with van der Waals surface area (Å²) in [6.07, 6.45) is 6.70. The van der Waals surface area contributed by atoms with Gasteiger partial charge in [0.05, 0.1) is 12.7 Å². The molecule has 2 aliphatic heterocycles. The molecular weight excluding hydrogens is 336 g/mol. The van der Waals surface area contributed by atoms with Crippen LogP contribution in [0.4, 0.5) is 5.82 Å². The summed E-state index contributed by atoms with van der Waals surface area (Å²) in [7, 11) is 1.69. The molecular formula is C18H28N4O4. The Hall–Kier alpha value is -1.93. The summed E-state index contributed by atoms with van der Waals surface area (Å²) >= 11 is 0. The Bertz CT molecular complexity index is 657. The zero-order valence-corrected chi connectivity index (χ0v) is 15.4. The van der Waals surface area contributed by atoms with E-state index in [2.05, 4.69) is 10.3 Å². The molecule has 0 bridgehead atoms. The third-order valence-corrected chi connectivity index (χ3v) is 5.11. The minimum absolute atomic E-state index is 0.137. The zero-order chi connectivity index (χ0) is 18.4. The topological polar surface area (TPSA) is 85.7 Å².